The number of nitrogens with zero attached hydrogens (tertiary/aromatic N) is 3. The number of aromatic nitrogens is 2. The molecule has 0 amide bonds. The highest BCUT2D eigenvalue weighted by atomic mass is 32.2. The number of imidazole rings is 1. The van der Waals surface area contributed by atoms with Crippen molar-refractivity contribution in [2.24, 2.45) is 10.7 Å². The van der Waals surface area contributed by atoms with Gasteiger partial charge in [-0.3, -0.25) is 10.1 Å². The molecule has 144 valence electrons. The lowest BCUT2D eigenvalue weighted by Gasteiger charge is -2.20. The monoisotopic (exact) mass is 398 g/mol. The predicted octanol–water partition coefficient (Wildman–Crippen LogP) is 2.68. The minimum Gasteiger partial charge on any atom is -0.387 e. The van der Waals surface area contributed by atoms with Crippen LogP contribution < -0.4 is 11.1 Å². The molecular formula is C18H18N6O3S. The zero-order valence-corrected chi connectivity index (χ0v) is 15.7. The summed E-state index contributed by atoms with van der Waals surface area (Å²) in [5.74, 6) is 0.828. The first-order chi connectivity index (χ1) is 13.4. The first-order valence-electron chi connectivity index (χ1n) is 8.57. The first-order valence-corrected chi connectivity index (χ1v) is 9.45. The number of aliphatic hydroxyl groups excluding tert-OH is 1. The summed E-state index contributed by atoms with van der Waals surface area (Å²) in [4.78, 5) is 22.6. The molecule has 0 radical (unpaired) electrons. The average molecular weight is 398 g/mol. The van der Waals surface area contributed by atoms with Gasteiger partial charge in [0.05, 0.1) is 26.8 Å². The van der Waals surface area contributed by atoms with Crippen LogP contribution in [0.15, 0.2) is 47.5 Å². The highest BCUT2D eigenvalue weighted by Crippen LogP contribution is 2.38. The smallest absolute Gasteiger partial charge is 0.275 e. The molecule has 4 rings (SSSR count). The second-order valence-electron chi connectivity index (χ2n) is 6.45. The molecule has 3 atom stereocenters. The van der Waals surface area contributed by atoms with Gasteiger partial charge in [-0.05, 0) is 31.2 Å². The van der Waals surface area contributed by atoms with Gasteiger partial charge in [-0.2, -0.15) is 0 Å². The van der Waals surface area contributed by atoms with E-state index in [1.165, 1.54) is 23.9 Å². The number of hydrogen-bond acceptors (Lipinski definition) is 8. The zero-order valence-electron chi connectivity index (χ0n) is 14.9. The number of benzene rings is 2. The Morgan fingerprint density at radius 1 is 1.36 bits per heavy atom. The summed E-state index contributed by atoms with van der Waals surface area (Å²) < 4.78 is 0. The maximum atomic E-state index is 11.2. The standard InChI is InChI=1S/C18H18N6O3S/c1-9-20-12-7-6-10(8-13(12)21-9)22-18-23-17(19)16(28-18)15(25)11-4-2-3-5-14(11)24(26)27/h2-8,15-17,25H,19H2,1H3,(H,20,21)(H,22,23). The van der Waals surface area contributed by atoms with E-state index in [-0.39, 0.29) is 11.3 Å². The highest BCUT2D eigenvalue weighted by Gasteiger charge is 2.37. The van der Waals surface area contributed by atoms with E-state index < -0.39 is 22.4 Å². The van der Waals surface area contributed by atoms with Crippen LogP contribution in [0.4, 0.5) is 11.4 Å². The Kier molecular flexibility index (Phi) is 4.75. The number of aromatic amines is 1. The second kappa shape index (κ2) is 7.23. The van der Waals surface area contributed by atoms with Gasteiger partial charge in [0, 0.05) is 11.8 Å². The van der Waals surface area contributed by atoms with Crippen LogP contribution in [0.25, 0.3) is 11.0 Å². The number of thioether (sulfide) groups is 1. The van der Waals surface area contributed by atoms with Crippen LogP contribution in [-0.2, 0) is 0 Å². The van der Waals surface area contributed by atoms with Crippen molar-refractivity contribution in [2.75, 3.05) is 5.32 Å². The van der Waals surface area contributed by atoms with Crippen molar-refractivity contribution < 1.29 is 10.0 Å². The summed E-state index contributed by atoms with van der Waals surface area (Å²) in [6, 6.07) is 11.8. The SMILES string of the molecule is Cc1nc2ccc(NC3=NC(N)C(C(O)c4ccccc4[N+](=O)[O-])S3)cc2[nH]1. The number of hydrogen-bond donors (Lipinski definition) is 4. The van der Waals surface area contributed by atoms with E-state index in [9.17, 15) is 15.2 Å². The van der Waals surface area contributed by atoms with Gasteiger partial charge in [-0.15, -0.1) is 0 Å². The third-order valence-electron chi connectivity index (χ3n) is 4.47. The largest absolute Gasteiger partial charge is 0.387 e. The summed E-state index contributed by atoms with van der Waals surface area (Å²) >= 11 is 1.26. The lowest BCUT2D eigenvalue weighted by molar-refractivity contribution is -0.386. The van der Waals surface area contributed by atoms with Gasteiger partial charge in [-0.1, -0.05) is 23.9 Å². The van der Waals surface area contributed by atoms with Crippen LogP contribution in [0.2, 0.25) is 0 Å². The third-order valence-corrected chi connectivity index (χ3v) is 5.71. The Labute approximate surface area is 164 Å². The van der Waals surface area contributed by atoms with Gasteiger partial charge in [-0.25, -0.2) is 9.98 Å². The first kappa shape index (κ1) is 18.4. The predicted molar refractivity (Wildman–Crippen MR) is 109 cm³/mol. The van der Waals surface area contributed by atoms with Gasteiger partial charge in [0.2, 0.25) is 0 Å². The summed E-state index contributed by atoms with van der Waals surface area (Å²) in [7, 11) is 0. The second-order valence-corrected chi connectivity index (χ2v) is 7.61. The Hall–Kier alpha value is -2.95. The van der Waals surface area contributed by atoms with Crippen molar-refractivity contribution in [1.82, 2.24) is 9.97 Å². The molecule has 3 aromatic rings. The van der Waals surface area contributed by atoms with Crippen molar-refractivity contribution in [2.45, 2.75) is 24.4 Å². The van der Waals surface area contributed by atoms with Gasteiger partial charge >= 0.3 is 0 Å². The van der Waals surface area contributed by atoms with Gasteiger partial charge in [0.15, 0.2) is 5.17 Å². The number of nitrogens with one attached hydrogen (secondary N) is 2. The number of nitro benzene ring substituents is 1. The fourth-order valence-corrected chi connectivity index (χ4v) is 4.26. The molecule has 2 heterocycles. The number of amidine groups is 1. The number of fused-ring (bicyclic) bond motifs is 1. The molecule has 0 fully saturated rings. The number of aliphatic imine (C=N–C) groups is 1. The van der Waals surface area contributed by atoms with Gasteiger partial charge < -0.3 is 21.1 Å². The van der Waals surface area contributed by atoms with Crippen LogP contribution >= 0.6 is 11.8 Å². The molecule has 5 N–H and O–H groups in total. The van der Waals surface area contributed by atoms with E-state index >= 15 is 0 Å². The van der Waals surface area contributed by atoms with Crippen molar-refractivity contribution in [1.29, 1.82) is 0 Å². The van der Waals surface area contributed by atoms with Crippen molar-refractivity contribution in [3.8, 4) is 0 Å². The lowest BCUT2D eigenvalue weighted by Crippen LogP contribution is -2.32. The van der Waals surface area contributed by atoms with Crippen LogP contribution in [0, 0.1) is 17.0 Å². The summed E-state index contributed by atoms with van der Waals surface area (Å²) in [6.45, 7) is 1.89. The summed E-state index contributed by atoms with van der Waals surface area (Å²) in [5.41, 5.74) is 8.74. The molecule has 3 unspecified atom stereocenters. The topological polar surface area (TPSA) is 142 Å². The maximum Gasteiger partial charge on any atom is 0.275 e. The zero-order chi connectivity index (χ0) is 19.8. The number of nitrogens with two attached hydrogens (primary N) is 1. The lowest BCUT2D eigenvalue weighted by atomic mass is 10.0. The summed E-state index contributed by atoms with van der Waals surface area (Å²) in [6.07, 6.45) is -1.82. The number of H-pyrrole nitrogens is 1. The summed E-state index contributed by atoms with van der Waals surface area (Å²) in [5, 5.41) is 25.2. The number of aliphatic hydroxyl groups is 1. The van der Waals surface area contributed by atoms with Crippen LogP contribution in [0.5, 0.6) is 0 Å². The Morgan fingerprint density at radius 2 is 2.14 bits per heavy atom. The molecule has 10 heteroatoms. The van der Waals surface area contributed by atoms with E-state index in [0.29, 0.717) is 5.17 Å². The Bertz CT molecular complexity index is 1080. The van der Waals surface area contributed by atoms with E-state index in [0.717, 1.165) is 22.5 Å². The van der Waals surface area contributed by atoms with Crippen LogP contribution in [-0.4, -0.2) is 36.6 Å². The molecule has 0 bridgehead atoms. The molecule has 1 aliphatic rings. The molecule has 9 nitrogen and oxygen atoms in total. The van der Waals surface area contributed by atoms with Gasteiger partial charge in [0.1, 0.15) is 18.1 Å². The number of aryl methyl sites for hydroxylation is 1. The third kappa shape index (κ3) is 3.44. The van der Waals surface area contributed by atoms with Crippen molar-refractivity contribution >= 4 is 39.3 Å². The van der Waals surface area contributed by atoms with Crippen molar-refractivity contribution in [3.05, 3.63) is 64.0 Å². The van der Waals surface area contributed by atoms with E-state index in [2.05, 4.69) is 20.3 Å². The Morgan fingerprint density at radius 3 is 2.93 bits per heavy atom. The molecule has 0 saturated heterocycles. The normalized spacial score (nSPS) is 20.2. The quantitative estimate of drug-likeness (QED) is 0.391. The molecule has 0 aliphatic carbocycles. The molecular weight excluding hydrogens is 380 g/mol. The Balaban J connectivity index is 1.52. The molecule has 1 aliphatic heterocycles. The van der Waals surface area contributed by atoms with Crippen LogP contribution in [0.1, 0.15) is 17.5 Å². The number of rotatable bonds is 4. The molecule has 1 aromatic heterocycles. The van der Waals surface area contributed by atoms with E-state index in [1.807, 2.05) is 25.1 Å². The van der Waals surface area contributed by atoms with E-state index in [4.69, 9.17) is 5.73 Å². The minimum absolute atomic E-state index is 0.135. The fourth-order valence-electron chi connectivity index (χ4n) is 3.17. The maximum absolute atomic E-state index is 11.2. The number of para-hydroxylation sites is 1. The highest BCUT2D eigenvalue weighted by molar-refractivity contribution is 8.15. The number of anilines is 1. The minimum atomic E-state index is -1.12. The van der Waals surface area contributed by atoms with Crippen LogP contribution in [0.3, 0.4) is 0 Å². The van der Waals surface area contributed by atoms with Gasteiger partial charge in [0.25, 0.3) is 5.69 Å². The fraction of sp³-hybridized carbons (Fsp3) is 0.222. The average Bonchev–Trinajstić information content (AvgIpc) is 3.22. The molecule has 2 aromatic carbocycles. The molecule has 0 saturated carbocycles. The molecule has 0 spiro atoms. The molecule has 28 heavy (non-hydrogen) atoms. The number of nitro groups is 1. The van der Waals surface area contributed by atoms with E-state index in [1.54, 1.807) is 12.1 Å². The van der Waals surface area contributed by atoms with Crippen molar-refractivity contribution in [3.63, 3.8) is 0 Å².